The quantitative estimate of drug-likeness (QED) is 0.166. The Kier molecular flexibility index (Phi) is 10.8. The molecule has 38 heavy (non-hydrogen) atoms. The Morgan fingerprint density at radius 3 is 2.74 bits per heavy atom. The van der Waals surface area contributed by atoms with Gasteiger partial charge in [0.1, 0.15) is 30.8 Å². The molecule has 0 bridgehead atoms. The van der Waals surface area contributed by atoms with Gasteiger partial charge in [0.25, 0.3) is 0 Å². The van der Waals surface area contributed by atoms with Crippen molar-refractivity contribution >= 4 is 21.7 Å². The van der Waals surface area contributed by atoms with Crippen molar-refractivity contribution in [3.63, 3.8) is 0 Å². The Bertz CT molecular complexity index is 1170. The maximum Gasteiger partial charge on any atom is 0.350 e. The summed E-state index contributed by atoms with van der Waals surface area (Å²) in [6.45, 7) is 2.93. The summed E-state index contributed by atoms with van der Waals surface area (Å²) in [5.41, 5.74) is 1.20. The summed E-state index contributed by atoms with van der Waals surface area (Å²) < 4.78 is 57.9. The zero-order valence-electron chi connectivity index (χ0n) is 21.6. The summed E-state index contributed by atoms with van der Waals surface area (Å²) in [5.74, 6) is 1.26. The summed E-state index contributed by atoms with van der Waals surface area (Å²) >= 11 is 0. The van der Waals surface area contributed by atoms with Crippen LogP contribution in [0.1, 0.15) is 12.5 Å². The first-order chi connectivity index (χ1) is 18.2. The number of benzene rings is 2. The standard InChI is InChI=1S/C25H34N2O10S/c1-4-33-25(29)24-15-35-23-11-17(5-7-22(23)37-24)9-10-26-13-18(28)14-34-19-6-8-21(36-16-32-2)20(12-19)27-38(3,30)31/h5-8,11-12,18,24,26-28H,4,9-10,13-16H2,1-3H3/t18-,24?/m0/s1. The Balaban J connectivity index is 1.43. The minimum Gasteiger partial charge on any atom is -0.491 e. The molecule has 1 aliphatic heterocycles. The van der Waals surface area contributed by atoms with Gasteiger partial charge in [0.05, 0.1) is 18.6 Å². The Hall–Kier alpha value is -3.26. The molecule has 12 nitrogen and oxygen atoms in total. The van der Waals surface area contributed by atoms with E-state index >= 15 is 0 Å². The smallest absolute Gasteiger partial charge is 0.350 e. The molecule has 0 radical (unpaired) electrons. The molecule has 1 aliphatic rings. The summed E-state index contributed by atoms with van der Waals surface area (Å²) in [7, 11) is -2.09. The van der Waals surface area contributed by atoms with Gasteiger partial charge in [-0.2, -0.15) is 0 Å². The van der Waals surface area contributed by atoms with Gasteiger partial charge in [0.2, 0.25) is 16.1 Å². The minimum absolute atomic E-state index is 0.00472. The van der Waals surface area contributed by atoms with Crippen LogP contribution in [0.3, 0.4) is 0 Å². The average molecular weight is 555 g/mol. The Morgan fingerprint density at radius 1 is 1.18 bits per heavy atom. The van der Waals surface area contributed by atoms with E-state index in [2.05, 4.69) is 10.0 Å². The zero-order chi connectivity index (χ0) is 27.5. The predicted octanol–water partition coefficient (Wildman–Crippen LogP) is 1.32. The number of sulfonamides is 1. The number of methoxy groups -OCH3 is 1. The lowest BCUT2D eigenvalue weighted by Crippen LogP contribution is -2.37. The first kappa shape index (κ1) is 29.3. The molecule has 2 aromatic carbocycles. The van der Waals surface area contributed by atoms with Crippen LogP contribution in [-0.2, 0) is 30.7 Å². The van der Waals surface area contributed by atoms with Gasteiger partial charge in [-0.25, -0.2) is 13.2 Å². The van der Waals surface area contributed by atoms with Gasteiger partial charge >= 0.3 is 5.97 Å². The van der Waals surface area contributed by atoms with Crippen molar-refractivity contribution in [3.05, 3.63) is 42.0 Å². The number of aliphatic hydroxyl groups is 1. The number of rotatable bonds is 15. The Morgan fingerprint density at radius 2 is 2.00 bits per heavy atom. The van der Waals surface area contributed by atoms with Crippen LogP contribution in [0, 0.1) is 0 Å². The molecule has 0 spiro atoms. The van der Waals surface area contributed by atoms with E-state index in [-0.39, 0.29) is 44.6 Å². The second-order valence-electron chi connectivity index (χ2n) is 8.45. The highest BCUT2D eigenvalue weighted by Crippen LogP contribution is 2.33. The highest BCUT2D eigenvalue weighted by molar-refractivity contribution is 7.92. The number of carbonyl (C=O) groups excluding carboxylic acids is 1. The van der Waals surface area contributed by atoms with E-state index in [0.29, 0.717) is 30.2 Å². The fraction of sp³-hybridized carbons (Fsp3) is 0.480. The third-order valence-corrected chi connectivity index (χ3v) is 5.80. The molecule has 0 amide bonds. The van der Waals surface area contributed by atoms with Gasteiger partial charge in [-0.15, -0.1) is 0 Å². The van der Waals surface area contributed by atoms with E-state index in [9.17, 15) is 18.3 Å². The molecule has 0 saturated carbocycles. The molecule has 0 saturated heterocycles. The third kappa shape index (κ3) is 9.24. The first-order valence-corrected chi connectivity index (χ1v) is 13.9. The molecule has 2 aromatic rings. The number of fused-ring (bicyclic) bond motifs is 1. The normalized spacial score (nSPS) is 15.4. The molecule has 1 unspecified atom stereocenters. The molecule has 13 heteroatoms. The summed E-state index contributed by atoms with van der Waals surface area (Å²) in [4.78, 5) is 11.8. The molecular weight excluding hydrogens is 520 g/mol. The van der Waals surface area contributed by atoms with Crippen LogP contribution in [0.5, 0.6) is 23.0 Å². The summed E-state index contributed by atoms with van der Waals surface area (Å²) in [6, 6.07) is 10.1. The number of esters is 1. The van der Waals surface area contributed by atoms with Crippen molar-refractivity contribution in [2.45, 2.75) is 25.6 Å². The lowest BCUT2D eigenvalue weighted by Gasteiger charge is -2.25. The second kappa shape index (κ2) is 14.0. The predicted molar refractivity (Wildman–Crippen MR) is 138 cm³/mol. The summed E-state index contributed by atoms with van der Waals surface area (Å²) in [6.07, 6.45) is 0.131. The second-order valence-corrected chi connectivity index (χ2v) is 10.2. The van der Waals surface area contributed by atoms with Gasteiger partial charge in [-0.3, -0.25) is 4.72 Å². The molecule has 3 N–H and O–H groups in total. The van der Waals surface area contributed by atoms with Crippen LogP contribution in [0.4, 0.5) is 5.69 Å². The Labute approximate surface area is 222 Å². The number of ether oxygens (including phenoxy) is 6. The number of aliphatic hydroxyl groups excluding tert-OH is 1. The highest BCUT2D eigenvalue weighted by Gasteiger charge is 2.28. The third-order valence-electron chi connectivity index (χ3n) is 5.21. The van der Waals surface area contributed by atoms with Crippen LogP contribution >= 0.6 is 0 Å². The summed E-state index contributed by atoms with van der Waals surface area (Å²) in [5, 5.41) is 13.5. The van der Waals surface area contributed by atoms with Crippen LogP contribution in [-0.4, -0.2) is 84.8 Å². The molecule has 0 aliphatic carbocycles. The lowest BCUT2D eigenvalue weighted by molar-refractivity contribution is -0.153. The molecule has 1 heterocycles. The average Bonchev–Trinajstić information content (AvgIpc) is 2.88. The van der Waals surface area contributed by atoms with Crippen LogP contribution in [0.25, 0.3) is 0 Å². The van der Waals surface area contributed by atoms with Crippen LogP contribution in [0.2, 0.25) is 0 Å². The van der Waals surface area contributed by atoms with Gasteiger partial charge in [0.15, 0.2) is 18.3 Å². The van der Waals surface area contributed by atoms with E-state index in [1.165, 1.54) is 13.2 Å². The van der Waals surface area contributed by atoms with Crippen molar-refractivity contribution in [2.24, 2.45) is 0 Å². The van der Waals surface area contributed by atoms with E-state index in [4.69, 9.17) is 28.4 Å². The lowest BCUT2D eigenvalue weighted by atomic mass is 10.1. The highest BCUT2D eigenvalue weighted by atomic mass is 32.2. The molecule has 3 rings (SSSR count). The van der Waals surface area contributed by atoms with Crippen molar-refractivity contribution in [1.82, 2.24) is 5.32 Å². The largest absolute Gasteiger partial charge is 0.491 e. The van der Waals surface area contributed by atoms with Crippen molar-refractivity contribution in [2.75, 3.05) is 57.8 Å². The van der Waals surface area contributed by atoms with E-state index in [1.807, 2.05) is 12.1 Å². The van der Waals surface area contributed by atoms with Crippen molar-refractivity contribution in [1.29, 1.82) is 0 Å². The topological polar surface area (TPSA) is 151 Å². The monoisotopic (exact) mass is 554 g/mol. The molecule has 0 fully saturated rings. The van der Waals surface area contributed by atoms with Gasteiger partial charge < -0.3 is 38.8 Å². The number of hydrogen-bond acceptors (Lipinski definition) is 11. The minimum atomic E-state index is -3.54. The molecule has 2 atom stereocenters. The maximum absolute atomic E-state index is 11.8. The van der Waals surface area contributed by atoms with E-state index in [1.54, 1.807) is 25.1 Å². The SMILES string of the molecule is CCOC(=O)C1COc2cc(CCNC[C@H](O)COc3ccc(OCOC)c(NS(C)(=O)=O)c3)ccc2O1. The van der Waals surface area contributed by atoms with Crippen molar-refractivity contribution < 1.29 is 46.7 Å². The van der Waals surface area contributed by atoms with E-state index in [0.717, 1.165) is 11.8 Å². The molecule has 0 aromatic heterocycles. The van der Waals surface area contributed by atoms with Gasteiger partial charge in [-0.05, 0) is 49.7 Å². The number of nitrogens with one attached hydrogen (secondary N) is 2. The number of carbonyl (C=O) groups is 1. The number of hydrogen-bond donors (Lipinski definition) is 3. The van der Waals surface area contributed by atoms with Crippen LogP contribution in [0.15, 0.2) is 36.4 Å². The number of anilines is 1. The fourth-order valence-corrected chi connectivity index (χ4v) is 4.06. The van der Waals surface area contributed by atoms with Crippen molar-refractivity contribution in [3.8, 4) is 23.0 Å². The zero-order valence-corrected chi connectivity index (χ0v) is 22.4. The van der Waals surface area contributed by atoms with Gasteiger partial charge in [0, 0.05) is 19.7 Å². The molecule has 210 valence electrons. The van der Waals surface area contributed by atoms with Crippen LogP contribution < -0.4 is 29.0 Å². The maximum atomic E-state index is 11.8. The van der Waals surface area contributed by atoms with E-state index < -0.39 is 28.2 Å². The first-order valence-electron chi connectivity index (χ1n) is 12.0. The van der Waals surface area contributed by atoms with Gasteiger partial charge in [-0.1, -0.05) is 6.07 Å². The fourth-order valence-electron chi connectivity index (χ4n) is 3.50. The molecular formula is C25H34N2O10S.